The zero-order chi connectivity index (χ0) is 41.0. The van der Waals surface area contributed by atoms with Crippen LogP contribution in [0.4, 0.5) is 0 Å². The first kappa shape index (κ1) is 35.6. The molecule has 0 radical (unpaired) electrons. The van der Waals surface area contributed by atoms with Gasteiger partial charge < -0.3 is 8.98 Å². The second kappa shape index (κ2) is 14.7. The molecule has 0 atom stereocenters. The predicted octanol–water partition coefficient (Wildman–Crippen LogP) is 15.5. The maximum Gasteiger partial charge on any atom is 0.160 e. The van der Waals surface area contributed by atoms with Crippen LogP contribution in [0.15, 0.2) is 229 Å². The first-order chi connectivity index (χ1) is 30.7. The zero-order valence-corrected chi connectivity index (χ0v) is 33.6. The lowest BCUT2D eigenvalue weighted by Gasteiger charge is -2.12. The van der Waals surface area contributed by atoms with Crippen molar-refractivity contribution in [1.29, 1.82) is 0 Å². The van der Waals surface area contributed by atoms with E-state index in [4.69, 9.17) is 14.4 Å². The van der Waals surface area contributed by atoms with Crippen LogP contribution in [-0.2, 0) is 0 Å². The normalized spacial score (nSPS) is 11.5. The third-order valence-corrected chi connectivity index (χ3v) is 12.0. The molecule has 62 heavy (non-hydrogen) atoms. The van der Waals surface area contributed by atoms with Gasteiger partial charge in [0.25, 0.3) is 0 Å². The van der Waals surface area contributed by atoms with E-state index in [1.807, 2.05) is 24.3 Å². The van der Waals surface area contributed by atoms with Crippen molar-refractivity contribution in [3.63, 3.8) is 0 Å². The van der Waals surface area contributed by atoms with Crippen LogP contribution in [0, 0.1) is 0 Å². The molecule has 9 aromatic carbocycles. The van der Waals surface area contributed by atoms with E-state index in [2.05, 4.69) is 205 Å². The predicted molar refractivity (Wildman–Crippen MR) is 256 cm³/mol. The van der Waals surface area contributed by atoms with Gasteiger partial charge in [0.2, 0.25) is 0 Å². The minimum Gasteiger partial charge on any atom is -0.454 e. The topological polar surface area (TPSA) is 43.9 Å². The van der Waals surface area contributed by atoms with E-state index in [0.29, 0.717) is 5.82 Å². The van der Waals surface area contributed by atoms with Gasteiger partial charge in [0.1, 0.15) is 5.58 Å². The second-order valence-electron chi connectivity index (χ2n) is 15.7. The zero-order valence-electron chi connectivity index (χ0n) is 33.6. The fourth-order valence-electron chi connectivity index (χ4n) is 9.05. The largest absolute Gasteiger partial charge is 0.454 e. The van der Waals surface area contributed by atoms with Crippen LogP contribution in [0.3, 0.4) is 0 Å². The van der Waals surface area contributed by atoms with Gasteiger partial charge in [0.15, 0.2) is 11.4 Å². The molecule has 290 valence electrons. The summed E-state index contributed by atoms with van der Waals surface area (Å²) in [6.07, 6.45) is 0. The highest BCUT2D eigenvalue weighted by Gasteiger charge is 2.23. The van der Waals surface area contributed by atoms with Crippen molar-refractivity contribution in [2.75, 3.05) is 0 Å². The first-order valence-corrected chi connectivity index (χ1v) is 21.0. The summed E-state index contributed by atoms with van der Waals surface area (Å²) in [4.78, 5) is 10.5. The summed E-state index contributed by atoms with van der Waals surface area (Å²) >= 11 is 0. The van der Waals surface area contributed by atoms with Crippen LogP contribution in [-0.4, -0.2) is 14.5 Å². The van der Waals surface area contributed by atoms with Gasteiger partial charge in [0.05, 0.1) is 28.1 Å². The number of furan rings is 1. The third-order valence-electron chi connectivity index (χ3n) is 12.0. The van der Waals surface area contributed by atoms with Gasteiger partial charge in [-0.3, -0.25) is 0 Å². The van der Waals surface area contributed by atoms with Gasteiger partial charge in [-0.2, -0.15) is 0 Å². The summed E-state index contributed by atoms with van der Waals surface area (Å²) in [7, 11) is 0. The van der Waals surface area contributed by atoms with E-state index in [9.17, 15) is 0 Å². The number of benzene rings is 9. The highest BCUT2D eigenvalue weighted by molar-refractivity contribution is 6.17. The Morgan fingerprint density at radius 2 is 0.839 bits per heavy atom. The lowest BCUT2D eigenvalue weighted by atomic mass is 9.96. The van der Waals surface area contributed by atoms with Crippen molar-refractivity contribution in [1.82, 2.24) is 14.5 Å². The molecule has 12 aromatic rings. The maximum absolute atomic E-state index is 7.18. The average molecular weight is 792 g/mol. The summed E-state index contributed by atoms with van der Waals surface area (Å²) in [6.45, 7) is 0. The van der Waals surface area contributed by atoms with Crippen molar-refractivity contribution in [3.05, 3.63) is 224 Å². The molecule has 3 aromatic heterocycles. The van der Waals surface area contributed by atoms with Gasteiger partial charge in [-0.05, 0) is 81.9 Å². The Bertz CT molecular complexity index is 3440. The van der Waals surface area contributed by atoms with E-state index < -0.39 is 0 Å². The van der Waals surface area contributed by atoms with Crippen LogP contribution in [0.25, 0.3) is 117 Å². The SMILES string of the molecule is c1ccc(-c2cc(-c3cc(-c4ccccc4)nc(-c4ccccc4)n3)c3c(c2)oc2c(-n4c5ccc(-c6ccccc6)cc5c5cc(-c6ccccc6)ccc54)cccc23)cc1. The van der Waals surface area contributed by atoms with Gasteiger partial charge >= 0.3 is 0 Å². The van der Waals surface area contributed by atoms with Gasteiger partial charge in [0, 0.05) is 38.2 Å². The number of para-hydroxylation sites is 1. The summed E-state index contributed by atoms with van der Waals surface area (Å²) in [5.41, 5.74) is 16.3. The number of rotatable bonds is 7. The molecule has 0 spiro atoms. The van der Waals surface area contributed by atoms with E-state index in [-0.39, 0.29) is 0 Å². The maximum atomic E-state index is 7.18. The molecule has 4 nitrogen and oxygen atoms in total. The summed E-state index contributed by atoms with van der Waals surface area (Å²) in [5.74, 6) is 0.670. The van der Waals surface area contributed by atoms with Gasteiger partial charge in [-0.25, -0.2) is 9.97 Å². The third kappa shape index (κ3) is 6.08. The molecule has 0 N–H and O–H groups in total. The summed E-state index contributed by atoms with van der Waals surface area (Å²) < 4.78 is 9.56. The Hall–Kier alpha value is -8.34. The number of fused-ring (bicyclic) bond motifs is 6. The van der Waals surface area contributed by atoms with E-state index in [1.165, 1.54) is 33.0 Å². The Morgan fingerprint density at radius 3 is 1.40 bits per heavy atom. The van der Waals surface area contributed by atoms with Crippen LogP contribution in [0.5, 0.6) is 0 Å². The number of aromatic nitrogens is 3. The van der Waals surface area contributed by atoms with Gasteiger partial charge in [-0.1, -0.05) is 176 Å². The molecular formula is C58H37N3O. The van der Waals surface area contributed by atoms with Crippen LogP contribution in [0.1, 0.15) is 0 Å². The first-order valence-electron chi connectivity index (χ1n) is 21.0. The molecule has 3 heterocycles. The monoisotopic (exact) mass is 791 g/mol. The number of nitrogens with zero attached hydrogens (tertiary/aromatic N) is 3. The molecule has 0 amide bonds. The van der Waals surface area contributed by atoms with Crippen LogP contribution >= 0.6 is 0 Å². The van der Waals surface area contributed by atoms with Crippen molar-refractivity contribution in [2.24, 2.45) is 0 Å². The molecule has 0 aliphatic heterocycles. The molecule has 0 bridgehead atoms. The Kier molecular flexibility index (Phi) is 8.46. The second-order valence-corrected chi connectivity index (χ2v) is 15.7. The van der Waals surface area contributed by atoms with E-state index in [1.54, 1.807) is 0 Å². The van der Waals surface area contributed by atoms with Crippen LogP contribution < -0.4 is 0 Å². The van der Waals surface area contributed by atoms with Crippen molar-refractivity contribution in [3.8, 4) is 73.0 Å². The molecule has 0 unspecified atom stereocenters. The average Bonchev–Trinajstić information content (AvgIpc) is 3.90. The van der Waals surface area contributed by atoms with E-state index in [0.717, 1.165) is 77.9 Å². The number of hydrogen-bond acceptors (Lipinski definition) is 3. The summed E-state index contributed by atoms with van der Waals surface area (Å²) in [5, 5.41) is 4.39. The molecule has 0 fully saturated rings. The quantitative estimate of drug-likeness (QED) is 0.161. The standard InChI is InChI=1S/C58H37N3O/c1-6-17-38(18-7-1)43-29-31-52-47(33-43)48-34-44(39-19-8-2-9-20-39)30-32-53(48)61(52)54-28-16-27-46-56-49(35-45(36-55(56)62-57(46)54)40-21-10-3-11-22-40)51-37-50(41-23-12-4-13-24-41)59-58(60-51)42-25-14-5-15-26-42/h1-37H. The molecule has 12 rings (SSSR count). The lowest BCUT2D eigenvalue weighted by molar-refractivity contribution is 0.666. The molecule has 0 saturated heterocycles. The Balaban J connectivity index is 1.14. The minimum atomic E-state index is 0.670. The van der Waals surface area contributed by atoms with Crippen molar-refractivity contribution in [2.45, 2.75) is 0 Å². The van der Waals surface area contributed by atoms with Gasteiger partial charge in [-0.15, -0.1) is 0 Å². The fourth-order valence-corrected chi connectivity index (χ4v) is 9.05. The molecule has 0 aliphatic rings. The Labute approximate surface area is 358 Å². The molecule has 0 aliphatic carbocycles. The minimum absolute atomic E-state index is 0.670. The highest BCUT2D eigenvalue weighted by atomic mass is 16.3. The van der Waals surface area contributed by atoms with Crippen LogP contribution in [0.2, 0.25) is 0 Å². The summed E-state index contributed by atoms with van der Waals surface area (Å²) in [6, 6.07) is 79.1. The Morgan fingerprint density at radius 1 is 0.339 bits per heavy atom. The smallest absolute Gasteiger partial charge is 0.160 e. The highest BCUT2D eigenvalue weighted by Crippen LogP contribution is 2.44. The van der Waals surface area contributed by atoms with Crippen molar-refractivity contribution >= 4 is 43.7 Å². The molecule has 0 saturated carbocycles. The fraction of sp³-hybridized carbons (Fsp3) is 0. The van der Waals surface area contributed by atoms with Crippen molar-refractivity contribution < 1.29 is 4.42 Å². The number of hydrogen-bond donors (Lipinski definition) is 0. The molecular weight excluding hydrogens is 755 g/mol. The molecule has 4 heteroatoms. The lowest BCUT2D eigenvalue weighted by Crippen LogP contribution is -1.96. The van der Waals surface area contributed by atoms with E-state index >= 15 is 0 Å².